The Labute approximate surface area is 96.3 Å². The van der Waals surface area contributed by atoms with Gasteiger partial charge in [0.15, 0.2) is 5.78 Å². The molecule has 2 aliphatic rings. The van der Waals surface area contributed by atoms with Crippen LogP contribution >= 0.6 is 0 Å². The van der Waals surface area contributed by atoms with Crippen molar-refractivity contribution in [2.45, 2.75) is 38.5 Å². The highest BCUT2D eigenvalue weighted by molar-refractivity contribution is 5.99. The third-order valence-corrected chi connectivity index (χ3v) is 3.17. The second-order valence-electron chi connectivity index (χ2n) is 5.39. The van der Waals surface area contributed by atoms with Gasteiger partial charge in [0.2, 0.25) is 5.60 Å². The summed E-state index contributed by atoms with van der Waals surface area (Å²) in [5.74, 6) is -0.681. The molecule has 0 radical (unpaired) electrons. The van der Waals surface area contributed by atoms with E-state index in [0.717, 1.165) is 0 Å². The molecule has 17 heavy (non-hydrogen) atoms. The normalized spacial score (nSPS) is 32.5. The zero-order valence-electron chi connectivity index (χ0n) is 9.52. The maximum Gasteiger partial charge on any atom is 0.425 e. The molecule has 1 heterocycles. The number of carbonyl (C=O) groups is 1. The number of allylic oxidation sites excluding steroid dienone is 1. The number of halogens is 3. The summed E-state index contributed by atoms with van der Waals surface area (Å²) in [4.78, 5) is 11.8. The van der Waals surface area contributed by atoms with Crippen LogP contribution in [0.3, 0.4) is 0 Å². The maximum absolute atomic E-state index is 12.8. The number of alkyl halides is 3. The number of rotatable bonds is 0. The summed E-state index contributed by atoms with van der Waals surface area (Å²) >= 11 is 0. The minimum atomic E-state index is -4.89. The molecule has 0 spiro atoms. The molecule has 0 saturated carbocycles. The first-order valence-corrected chi connectivity index (χ1v) is 5.26. The lowest BCUT2D eigenvalue weighted by molar-refractivity contribution is -0.247. The molecule has 1 aliphatic heterocycles. The van der Waals surface area contributed by atoms with E-state index in [9.17, 15) is 23.1 Å². The van der Waals surface area contributed by atoms with Gasteiger partial charge in [-0.3, -0.25) is 4.79 Å². The highest BCUT2D eigenvalue weighted by Gasteiger charge is 2.64. The van der Waals surface area contributed by atoms with E-state index in [1.54, 1.807) is 13.8 Å². The summed E-state index contributed by atoms with van der Waals surface area (Å²) < 4.78 is 43.2. The van der Waals surface area contributed by atoms with Crippen LogP contribution in [-0.2, 0) is 9.53 Å². The van der Waals surface area contributed by atoms with Crippen molar-refractivity contribution in [1.82, 2.24) is 0 Å². The molecule has 3 nitrogen and oxygen atoms in total. The molecule has 1 unspecified atom stereocenters. The summed E-state index contributed by atoms with van der Waals surface area (Å²) in [5, 5.41) is 9.63. The van der Waals surface area contributed by atoms with Crippen LogP contribution in [0, 0.1) is 5.41 Å². The van der Waals surface area contributed by atoms with Crippen LogP contribution in [-0.4, -0.2) is 29.3 Å². The van der Waals surface area contributed by atoms with Gasteiger partial charge in [-0.05, 0) is 5.41 Å². The molecule has 0 fully saturated rings. The maximum atomic E-state index is 12.8. The number of Topliss-reactive ketones (excluding diaryl/α,β-unsaturated/α-hetero) is 1. The van der Waals surface area contributed by atoms with E-state index in [2.05, 4.69) is 0 Å². The van der Waals surface area contributed by atoms with Crippen molar-refractivity contribution in [1.29, 1.82) is 0 Å². The SMILES string of the molecule is CC1(C)CC(=O)C2=C(C1)OCC2(O)C(F)(F)F. The molecular formula is C11H13F3O3. The van der Waals surface area contributed by atoms with Gasteiger partial charge in [0.25, 0.3) is 0 Å². The number of hydrogen-bond donors (Lipinski definition) is 1. The van der Waals surface area contributed by atoms with E-state index >= 15 is 0 Å². The number of hydrogen-bond acceptors (Lipinski definition) is 3. The molecule has 0 saturated heterocycles. The van der Waals surface area contributed by atoms with Crippen molar-refractivity contribution in [3.05, 3.63) is 11.3 Å². The molecule has 0 amide bonds. The van der Waals surface area contributed by atoms with Crippen molar-refractivity contribution in [2.24, 2.45) is 5.41 Å². The summed E-state index contributed by atoms with van der Waals surface area (Å²) in [7, 11) is 0. The van der Waals surface area contributed by atoms with Gasteiger partial charge in [-0.1, -0.05) is 13.8 Å². The molecule has 1 atom stereocenters. The topological polar surface area (TPSA) is 46.5 Å². The minimum absolute atomic E-state index is 0.00637. The van der Waals surface area contributed by atoms with Crippen molar-refractivity contribution < 1.29 is 27.8 Å². The average Bonchev–Trinajstić information content (AvgIpc) is 2.41. The first-order chi connectivity index (χ1) is 7.57. The highest BCUT2D eigenvalue weighted by atomic mass is 19.4. The molecule has 0 aromatic carbocycles. The first-order valence-electron chi connectivity index (χ1n) is 5.26. The molecule has 0 bridgehead atoms. The predicted octanol–water partition coefficient (Wildman–Crippen LogP) is 1.95. The smallest absolute Gasteiger partial charge is 0.425 e. The van der Waals surface area contributed by atoms with Crippen LogP contribution < -0.4 is 0 Å². The number of ether oxygens (including phenoxy) is 1. The van der Waals surface area contributed by atoms with E-state index < -0.39 is 35.2 Å². The van der Waals surface area contributed by atoms with Crippen LogP contribution in [0.5, 0.6) is 0 Å². The second-order valence-corrected chi connectivity index (χ2v) is 5.39. The van der Waals surface area contributed by atoms with Gasteiger partial charge in [0.05, 0.1) is 5.57 Å². The third-order valence-electron chi connectivity index (χ3n) is 3.17. The van der Waals surface area contributed by atoms with Gasteiger partial charge < -0.3 is 9.84 Å². The summed E-state index contributed by atoms with van der Waals surface area (Å²) in [6.07, 6.45) is -4.65. The van der Waals surface area contributed by atoms with Crippen LogP contribution in [0.25, 0.3) is 0 Å². The zero-order valence-corrected chi connectivity index (χ0v) is 9.52. The van der Waals surface area contributed by atoms with Gasteiger partial charge in [0, 0.05) is 12.8 Å². The van der Waals surface area contributed by atoms with Crippen molar-refractivity contribution in [3.63, 3.8) is 0 Å². The van der Waals surface area contributed by atoms with Crippen LogP contribution in [0.4, 0.5) is 13.2 Å². The predicted molar refractivity (Wildman–Crippen MR) is 52.0 cm³/mol. The Hall–Kier alpha value is -1.04. The van der Waals surface area contributed by atoms with Crippen LogP contribution in [0.15, 0.2) is 11.3 Å². The number of aliphatic hydroxyl groups is 1. The highest BCUT2D eigenvalue weighted by Crippen LogP contribution is 2.49. The molecule has 0 aromatic heterocycles. The Bertz CT molecular complexity index is 409. The molecule has 2 rings (SSSR count). The lowest BCUT2D eigenvalue weighted by Crippen LogP contribution is -2.50. The fraction of sp³-hybridized carbons (Fsp3) is 0.727. The van der Waals surface area contributed by atoms with Crippen molar-refractivity contribution >= 4 is 5.78 Å². The Morgan fingerprint density at radius 1 is 1.29 bits per heavy atom. The third kappa shape index (κ3) is 1.74. The lowest BCUT2D eigenvalue weighted by Gasteiger charge is -2.32. The van der Waals surface area contributed by atoms with Gasteiger partial charge in [-0.15, -0.1) is 0 Å². The van der Waals surface area contributed by atoms with E-state index in [1.165, 1.54) is 0 Å². The fourth-order valence-electron chi connectivity index (χ4n) is 2.34. The number of ketones is 1. The Morgan fingerprint density at radius 3 is 2.41 bits per heavy atom. The minimum Gasteiger partial charge on any atom is -0.494 e. The molecule has 1 aliphatic carbocycles. The van der Waals surface area contributed by atoms with Crippen LogP contribution in [0.1, 0.15) is 26.7 Å². The van der Waals surface area contributed by atoms with Crippen molar-refractivity contribution in [3.8, 4) is 0 Å². The quantitative estimate of drug-likeness (QED) is 0.714. The Morgan fingerprint density at radius 2 is 1.88 bits per heavy atom. The van der Waals surface area contributed by atoms with Gasteiger partial charge >= 0.3 is 6.18 Å². The monoisotopic (exact) mass is 250 g/mol. The summed E-state index contributed by atoms with van der Waals surface area (Å²) in [5.41, 5.74) is -4.15. The Kier molecular flexibility index (Phi) is 2.37. The average molecular weight is 250 g/mol. The largest absolute Gasteiger partial charge is 0.494 e. The van der Waals surface area contributed by atoms with Gasteiger partial charge in [0.1, 0.15) is 12.4 Å². The van der Waals surface area contributed by atoms with E-state index in [1.807, 2.05) is 0 Å². The molecule has 0 aromatic rings. The molecule has 1 N–H and O–H groups in total. The van der Waals surface area contributed by atoms with E-state index in [0.29, 0.717) is 0 Å². The van der Waals surface area contributed by atoms with Crippen LogP contribution in [0.2, 0.25) is 0 Å². The molecule has 6 heteroatoms. The Balaban J connectivity index is 2.47. The molecular weight excluding hydrogens is 237 g/mol. The van der Waals surface area contributed by atoms with Crippen molar-refractivity contribution in [2.75, 3.05) is 6.61 Å². The van der Waals surface area contributed by atoms with Gasteiger partial charge in [-0.25, -0.2) is 0 Å². The van der Waals surface area contributed by atoms with E-state index in [4.69, 9.17) is 4.74 Å². The second kappa shape index (κ2) is 3.25. The fourth-order valence-corrected chi connectivity index (χ4v) is 2.34. The van der Waals surface area contributed by atoms with Gasteiger partial charge in [-0.2, -0.15) is 13.2 Å². The standard InChI is InChI=1S/C11H13F3O3/c1-9(2)3-6(15)8-7(4-9)17-5-10(8,16)11(12,13)14/h16H,3-5H2,1-2H3. The first kappa shape index (κ1) is 12.4. The zero-order chi connectivity index (χ0) is 13.1. The van der Waals surface area contributed by atoms with E-state index in [-0.39, 0.29) is 18.6 Å². The summed E-state index contributed by atoms with van der Waals surface area (Å²) in [6, 6.07) is 0. The lowest BCUT2D eigenvalue weighted by atomic mass is 9.73. The number of carbonyl (C=O) groups excluding carboxylic acids is 1. The summed E-state index contributed by atoms with van der Waals surface area (Å²) in [6.45, 7) is 2.65. The molecule has 96 valence electrons.